The maximum Gasteiger partial charge on any atom is 0.282 e. The smallest absolute Gasteiger partial charge is 0.282 e. The van der Waals surface area contributed by atoms with Crippen molar-refractivity contribution in [1.29, 1.82) is 0 Å². The number of pyridine rings is 1. The number of likely N-dealkylation sites (tertiary alicyclic amines) is 1. The van der Waals surface area contributed by atoms with Crippen LogP contribution in [0, 0.1) is 0 Å². The fourth-order valence-corrected chi connectivity index (χ4v) is 3.77. The summed E-state index contributed by atoms with van der Waals surface area (Å²) in [7, 11) is 0. The maximum absolute atomic E-state index is 13.0. The van der Waals surface area contributed by atoms with E-state index in [0.717, 1.165) is 30.9 Å². The molecule has 0 spiro atoms. The summed E-state index contributed by atoms with van der Waals surface area (Å²) < 4.78 is 25.9. The molecule has 4 nitrogen and oxygen atoms in total. The minimum absolute atomic E-state index is 0.106. The van der Waals surface area contributed by atoms with E-state index in [-0.39, 0.29) is 17.5 Å². The van der Waals surface area contributed by atoms with Gasteiger partial charge in [-0.1, -0.05) is 36.4 Å². The number of alkyl halides is 2. The second-order valence-corrected chi connectivity index (χ2v) is 6.73. The lowest BCUT2D eigenvalue weighted by molar-refractivity contribution is 0.146. The molecule has 0 aliphatic carbocycles. The maximum atomic E-state index is 13.0. The van der Waals surface area contributed by atoms with Crippen molar-refractivity contribution in [1.82, 2.24) is 20.1 Å². The van der Waals surface area contributed by atoms with E-state index in [0.29, 0.717) is 0 Å². The summed E-state index contributed by atoms with van der Waals surface area (Å²) in [6, 6.07) is 15.8. The molecular formula is C20H20F2N4. The Labute approximate surface area is 150 Å². The molecule has 3 heterocycles. The molecule has 1 aromatic carbocycles. The van der Waals surface area contributed by atoms with Crippen molar-refractivity contribution in [3.05, 3.63) is 83.4 Å². The first-order chi connectivity index (χ1) is 12.7. The van der Waals surface area contributed by atoms with Gasteiger partial charge >= 0.3 is 0 Å². The number of halogens is 2. The van der Waals surface area contributed by atoms with Gasteiger partial charge in [0.15, 0.2) is 0 Å². The SMILES string of the molecule is FC(F)c1cc([C@@H]2CN(Cc3cccnc3)C[C@H]2c2ccccc2)[nH]n1. The summed E-state index contributed by atoms with van der Waals surface area (Å²) in [5, 5.41) is 6.64. The van der Waals surface area contributed by atoms with Gasteiger partial charge in [0.05, 0.1) is 0 Å². The minimum atomic E-state index is -2.55. The molecule has 0 saturated carbocycles. The third-order valence-corrected chi connectivity index (χ3v) is 4.99. The number of H-pyrrole nitrogens is 1. The Morgan fingerprint density at radius 1 is 1.08 bits per heavy atom. The molecule has 0 bridgehead atoms. The van der Waals surface area contributed by atoms with Gasteiger partial charge < -0.3 is 0 Å². The molecule has 0 radical (unpaired) electrons. The highest BCUT2D eigenvalue weighted by Gasteiger charge is 2.36. The number of nitrogens with one attached hydrogen (secondary N) is 1. The Balaban J connectivity index is 1.60. The second-order valence-electron chi connectivity index (χ2n) is 6.73. The molecule has 1 fully saturated rings. The number of aromatic nitrogens is 3. The van der Waals surface area contributed by atoms with Gasteiger partial charge in [0.2, 0.25) is 0 Å². The zero-order valence-corrected chi connectivity index (χ0v) is 14.2. The monoisotopic (exact) mass is 354 g/mol. The fourth-order valence-electron chi connectivity index (χ4n) is 3.77. The van der Waals surface area contributed by atoms with Crippen LogP contribution in [0.3, 0.4) is 0 Å². The number of hydrogen-bond acceptors (Lipinski definition) is 3. The average molecular weight is 354 g/mol. The first-order valence-electron chi connectivity index (χ1n) is 8.70. The molecular weight excluding hydrogens is 334 g/mol. The lowest BCUT2D eigenvalue weighted by atomic mass is 9.87. The largest absolute Gasteiger partial charge is 0.298 e. The molecule has 1 aliphatic rings. The Hall–Kier alpha value is -2.60. The number of rotatable bonds is 5. The van der Waals surface area contributed by atoms with Crippen LogP contribution in [-0.4, -0.2) is 33.2 Å². The second kappa shape index (κ2) is 7.33. The van der Waals surface area contributed by atoms with Crippen LogP contribution in [0.1, 0.15) is 40.8 Å². The third-order valence-electron chi connectivity index (χ3n) is 4.99. The van der Waals surface area contributed by atoms with Crippen LogP contribution in [-0.2, 0) is 6.54 Å². The van der Waals surface area contributed by atoms with Crippen LogP contribution in [0.25, 0.3) is 0 Å². The normalized spacial score (nSPS) is 20.7. The van der Waals surface area contributed by atoms with Crippen molar-refractivity contribution in [2.75, 3.05) is 13.1 Å². The molecule has 4 rings (SSSR count). The summed E-state index contributed by atoms with van der Waals surface area (Å²) in [5.41, 5.74) is 2.97. The zero-order valence-electron chi connectivity index (χ0n) is 14.2. The standard InChI is InChI=1S/C20H20F2N4/c21-20(22)19-9-18(24-25-19)17-13-26(11-14-5-4-8-23-10-14)12-16(17)15-6-2-1-3-7-15/h1-10,16-17,20H,11-13H2,(H,24,25)/t16-,17+/m0/s1. The Morgan fingerprint density at radius 2 is 1.88 bits per heavy atom. The van der Waals surface area contributed by atoms with Gasteiger partial charge in [-0.25, -0.2) is 8.78 Å². The van der Waals surface area contributed by atoms with Crippen molar-refractivity contribution >= 4 is 0 Å². The van der Waals surface area contributed by atoms with Gasteiger partial charge in [-0.15, -0.1) is 0 Å². The van der Waals surface area contributed by atoms with Crippen LogP contribution in [0.5, 0.6) is 0 Å². The predicted octanol–water partition coefficient (Wildman–Crippen LogP) is 4.13. The minimum Gasteiger partial charge on any atom is -0.298 e. The highest BCUT2D eigenvalue weighted by Crippen LogP contribution is 2.40. The summed E-state index contributed by atoms with van der Waals surface area (Å²) in [4.78, 5) is 6.53. The predicted molar refractivity (Wildman–Crippen MR) is 95.0 cm³/mol. The Bertz CT molecular complexity index is 835. The molecule has 6 heteroatoms. The first kappa shape index (κ1) is 16.8. The van der Waals surface area contributed by atoms with Crippen LogP contribution < -0.4 is 0 Å². The van der Waals surface area contributed by atoms with E-state index in [1.54, 1.807) is 6.20 Å². The molecule has 2 atom stereocenters. The summed E-state index contributed by atoms with van der Waals surface area (Å²) >= 11 is 0. The van der Waals surface area contributed by atoms with E-state index in [2.05, 4.69) is 38.3 Å². The van der Waals surface area contributed by atoms with Gasteiger partial charge in [0, 0.05) is 49.6 Å². The molecule has 0 unspecified atom stereocenters. The van der Waals surface area contributed by atoms with E-state index < -0.39 is 6.43 Å². The van der Waals surface area contributed by atoms with Crippen molar-refractivity contribution in [2.45, 2.75) is 24.8 Å². The van der Waals surface area contributed by atoms with Gasteiger partial charge in [-0.05, 0) is 23.3 Å². The molecule has 1 N–H and O–H groups in total. The van der Waals surface area contributed by atoms with Crippen LogP contribution in [0.15, 0.2) is 60.9 Å². The fraction of sp³-hybridized carbons (Fsp3) is 0.300. The highest BCUT2D eigenvalue weighted by molar-refractivity contribution is 5.29. The lowest BCUT2D eigenvalue weighted by Crippen LogP contribution is -2.20. The zero-order chi connectivity index (χ0) is 17.9. The van der Waals surface area contributed by atoms with Crippen molar-refractivity contribution in [3.63, 3.8) is 0 Å². The van der Waals surface area contributed by atoms with Crippen molar-refractivity contribution in [2.24, 2.45) is 0 Å². The van der Waals surface area contributed by atoms with Gasteiger partial charge in [-0.2, -0.15) is 5.10 Å². The quantitative estimate of drug-likeness (QED) is 0.749. The van der Waals surface area contributed by atoms with Crippen LogP contribution in [0.2, 0.25) is 0 Å². The number of aromatic amines is 1. The van der Waals surface area contributed by atoms with Crippen molar-refractivity contribution in [3.8, 4) is 0 Å². The van der Waals surface area contributed by atoms with E-state index in [4.69, 9.17) is 0 Å². The Kier molecular flexibility index (Phi) is 4.75. The molecule has 0 amide bonds. The summed E-state index contributed by atoms with van der Waals surface area (Å²) in [5.74, 6) is 0.341. The average Bonchev–Trinajstić information content (AvgIpc) is 3.30. The summed E-state index contributed by atoms with van der Waals surface area (Å²) in [6.07, 6.45) is 1.08. The Morgan fingerprint density at radius 3 is 2.58 bits per heavy atom. The van der Waals surface area contributed by atoms with Crippen LogP contribution in [0.4, 0.5) is 8.78 Å². The van der Waals surface area contributed by atoms with E-state index in [1.165, 1.54) is 11.6 Å². The third kappa shape index (κ3) is 3.51. The molecule has 1 saturated heterocycles. The van der Waals surface area contributed by atoms with Crippen molar-refractivity contribution < 1.29 is 8.78 Å². The number of hydrogen-bond donors (Lipinski definition) is 1. The number of benzene rings is 1. The summed E-state index contributed by atoms with van der Waals surface area (Å²) in [6.45, 7) is 2.45. The first-order valence-corrected chi connectivity index (χ1v) is 8.70. The van der Waals surface area contributed by atoms with Crippen LogP contribution >= 0.6 is 0 Å². The van der Waals surface area contributed by atoms with Gasteiger partial charge in [-0.3, -0.25) is 15.0 Å². The van der Waals surface area contributed by atoms with E-state index >= 15 is 0 Å². The molecule has 3 aromatic rings. The van der Waals surface area contributed by atoms with Gasteiger partial charge in [0.25, 0.3) is 6.43 Å². The number of nitrogens with zero attached hydrogens (tertiary/aromatic N) is 3. The molecule has 134 valence electrons. The van der Waals surface area contributed by atoms with E-state index in [9.17, 15) is 8.78 Å². The topological polar surface area (TPSA) is 44.8 Å². The molecule has 26 heavy (non-hydrogen) atoms. The molecule has 1 aliphatic heterocycles. The van der Waals surface area contributed by atoms with E-state index in [1.807, 2.05) is 30.5 Å². The molecule has 2 aromatic heterocycles. The lowest BCUT2D eigenvalue weighted by Gasteiger charge is -2.17. The highest BCUT2D eigenvalue weighted by atomic mass is 19.3. The van der Waals surface area contributed by atoms with Gasteiger partial charge in [0.1, 0.15) is 5.69 Å².